The number of hydrogen-bond acceptors (Lipinski definition) is 3. The van der Waals surface area contributed by atoms with Crippen LogP contribution in [0.2, 0.25) is 0 Å². The molecular weight excluding hydrogens is 212 g/mol. The van der Waals surface area contributed by atoms with Gasteiger partial charge in [-0.15, -0.1) is 0 Å². The Balaban J connectivity index is 1.75. The molecule has 2 aromatic heterocycles. The van der Waals surface area contributed by atoms with E-state index in [0.29, 0.717) is 0 Å². The Bertz CT molecular complexity index is 476. The zero-order chi connectivity index (χ0) is 12.1. The van der Waals surface area contributed by atoms with E-state index in [9.17, 15) is 0 Å². The second-order valence-electron chi connectivity index (χ2n) is 4.11. The van der Waals surface area contributed by atoms with Crippen molar-refractivity contribution in [2.24, 2.45) is 0 Å². The van der Waals surface area contributed by atoms with Crippen LogP contribution in [0.25, 0.3) is 0 Å². The van der Waals surface area contributed by atoms with Crippen molar-refractivity contribution in [3.05, 3.63) is 47.8 Å². The molecule has 0 aliphatic carbocycles. The smallest absolute Gasteiger partial charge is 0.105 e. The molecule has 1 N–H and O–H groups in total. The molecule has 0 spiro atoms. The first-order valence-electron chi connectivity index (χ1n) is 5.87. The molecule has 0 saturated heterocycles. The molecule has 4 nitrogen and oxygen atoms in total. The van der Waals surface area contributed by atoms with Crippen LogP contribution in [0.4, 0.5) is 0 Å². The number of nitrogens with zero attached hydrogens (tertiary/aromatic N) is 3. The fourth-order valence-electron chi connectivity index (χ4n) is 1.75. The highest BCUT2D eigenvalue weighted by atomic mass is 15.1. The van der Waals surface area contributed by atoms with Gasteiger partial charge in [-0.2, -0.15) is 0 Å². The zero-order valence-corrected chi connectivity index (χ0v) is 10.3. The second-order valence-corrected chi connectivity index (χ2v) is 4.11. The van der Waals surface area contributed by atoms with E-state index in [1.807, 2.05) is 44.4 Å². The van der Waals surface area contributed by atoms with Crippen LogP contribution in [0.5, 0.6) is 0 Å². The maximum Gasteiger partial charge on any atom is 0.105 e. The van der Waals surface area contributed by atoms with E-state index in [1.54, 1.807) is 0 Å². The summed E-state index contributed by atoms with van der Waals surface area (Å²) in [7, 11) is 0. The fourth-order valence-corrected chi connectivity index (χ4v) is 1.75. The van der Waals surface area contributed by atoms with E-state index < -0.39 is 0 Å². The van der Waals surface area contributed by atoms with Gasteiger partial charge in [0.25, 0.3) is 0 Å². The highest BCUT2D eigenvalue weighted by molar-refractivity contribution is 5.09. The van der Waals surface area contributed by atoms with Gasteiger partial charge in [0.2, 0.25) is 0 Å². The van der Waals surface area contributed by atoms with Gasteiger partial charge in [0.15, 0.2) is 0 Å². The summed E-state index contributed by atoms with van der Waals surface area (Å²) in [5.74, 6) is 1.06. The Hall–Kier alpha value is -1.68. The molecule has 17 heavy (non-hydrogen) atoms. The topological polar surface area (TPSA) is 42.7 Å². The molecule has 0 unspecified atom stereocenters. The summed E-state index contributed by atoms with van der Waals surface area (Å²) < 4.78 is 2.14. The minimum absolute atomic E-state index is 0.815. The van der Waals surface area contributed by atoms with E-state index in [1.165, 1.54) is 0 Å². The minimum Gasteiger partial charge on any atom is -0.334 e. The molecular formula is C13H18N4. The van der Waals surface area contributed by atoms with Gasteiger partial charge in [-0.05, 0) is 26.0 Å². The van der Waals surface area contributed by atoms with Crippen molar-refractivity contribution in [1.82, 2.24) is 19.9 Å². The Morgan fingerprint density at radius 1 is 1.29 bits per heavy atom. The molecule has 0 aliphatic heterocycles. The Morgan fingerprint density at radius 3 is 2.88 bits per heavy atom. The first-order valence-corrected chi connectivity index (χ1v) is 5.87. The van der Waals surface area contributed by atoms with Crippen molar-refractivity contribution < 1.29 is 0 Å². The predicted molar refractivity (Wildman–Crippen MR) is 67.6 cm³/mol. The van der Waals surface area contributed by atoms with Crippen molar-refractivity contribution in [3.63, 3.8) is 0 Å². The summed E-state index contributed by atoms with van der Waals surface area (Å²) in [6, 6.07) is 6.10. The number of aryl methyl sites for hydroxylation is 2. The molecule has 2 aromatic rings. The van der Waals surface area contributed by atoms with E-state index in [-0.39, 0.29) is 0 Å². The van der Waals surface area contributed by atoms with Crippen LogP contribution in [0.15, 0.2) is 30.6 Å². The lowest BCUT2D eigenvalue weighted by molar-refractivity contribution is 0.582. The van der Waals surface area contributed by atoms with Crippen molar-refractivity contribution in [2.45, 2.75) is 26.9 Å². The average Bonchev–Trinajstić information content (AvgIpc) is 2.71. The Labute approximate surface area is 102 Å². The van der Waals surface area contributed by atoms with Crippen molar-refractivity contribution in [2.75, 3.05) is 6.54 Å². The van der Waals surface area contributed by atoms with Gasteiger partial charge in [0.05, 0.1) is 5.69 Å². The SMILES string of the molecule is Cc1cccc(CNCCn2ccnc2C)n1. The van der Waals surface area contributed by atoms with Gasteiger partial charge < -0.3 is 9.88 Å². The lowest BCUT2D eigenvalue weighted by atomic mass is 10.3. The maximum atomic E-state index is 4.44. The van der Waals surface area contributed by atoms with Crippen LogP contribution in [-0.4, -0.2) is 21.1 Å². The van der Waals surface area contributed by atoms with Crippen LogP contribution in [0, 0.1) is 13.8 Å². The van der Waals surface area contributed by atoms with Crippen LogP contribution in [0.3, 0.4) is 0 Å². The molecule has 90 valence electrons. The van der Waals surface area contributed by atoms with Gasteiger partial charge in [-0.3, -0.25) is 4.98 Å². The molecule has 4 heteroatoms. The van der Waals surface area contributed by atoms with E-state index in [0.717, 1.165) is 36.8 Å². The zero-order valence-electron chi connectivity index (χ0n) is 10.3. The van der Waals surface area contributed by atoms with Crippen LogP contribution < -0.4 is 5.32 Å². The van der Waals surface area contributed by atoms with E-state index >= 15 is 0 Å². The van der Waals surface area contributed by atoms with Crippen LogP contribution >= 0.6 is 0 Å². The van der Waals surface area contributed by atoms with Gasteiger partial charge in [-0.25, -0.2) is 4.98 Å². The van der Waals surface area contributed by atoms with Gasteiger partial charge in [0, 0.05) is 37.7 Å². The third kappa shape index (κ3) is 3.39. The summed E-state index contributed by atoms with van der Waals surface area (Å²) in [4.78, 5) is 8.63. The minimum atomic E-state index is 0.815. The van der Waals surface area contributed by atoms with Crippen molar-refractivity contribution in [3.8, 4) is 0 Å². The van der Waals surface area contributed by atoms with E-state index in [4.69, 9.17) is 0 Å². The number of rotatable bonds is 5. The lowest BCUT2D eigenvalue weighted by Gasteiger charge is -2.07. The third-order valence-corrected chi connectivity index (χ3v) is 2.71. The van der Waals surface area contributed by atoms with Crippen LogP contribution in [0.1, 0.15) is 17.2 Å². The van der Waals surface area contributed by atoms with E-state index in [2.05, 4.69) is 19.9 Å². The van der Waals surface area contributed by atoms with Gasteiger partial charge in [-0.1, -0.05) is 6.07 Å². The maximum absolute atomic E-state index is 4.44. The summed E-state index contributed by atoms with van der Waals surface area (Å²) in [6.45, 7) is 6.71. The molecule has 2 rings (SSSR count). The molecule has 0 amide bonds. The second kappa shape index (κ2) is 5.59. The average molecular weight is 230 g/mol. The molecule has 0 radical (unpaired) electrons. The first kappa shape index (κ1) is 11.8. The molecule has 0 aliphatic rings. The number of hydrogen-bond donors (Lipinski definition) is 1. The number of imidazole rings is 1. The summed E-state index contributed by atoms with van der Waals surface area (Å²) in [6.07, 6.45) is 3.83. The fraction of sp³-hybridized carbons (Fsp3) is 0.385. The number of nitrogens with one attached hydrogen (secondary N) is 1. The predicted octanol–water partition coefficient (Wildman–Crippen LogP) is 1.68. The largest absolute Gasteiger partial charge is 0.334 e. The summed E-state index contributed by atoms with van der Waals surface area (Å²) >= 11 is 0. The highest BCUT2D eigenvalue weighted by Crippen LogP contribution is 1.98. The molecule has 0 saturated carbocycles. The van der Waals surface area contributed by atoms with Crippen LogP contribution in [-0.2, 0) is 13.1 Å². The molecule has 0 bridgehead atoms. The van der Waals surface area contributed by atoms with Gasteiger partial charge in [0.1, 0.15) is 5.82 Å². The number of pyridine rings is 1. The Kier molecular flexibility index (Phi) is 3.88. The van der Waals surface area contributed by atoms with Gasteiger partial charge >= 0.3 is 0 Å². The number of aromatic nitrogens is 3. The standard InChI is InChI=1S/C13H18N4/c1-11-4-3-5-13(16-11)10-14-6-8-17-9-7-15-12(17)2/h3-5,7,9,14H,6,8,10H2,1-2H3. The summed E-state index contributed by atoms with van der Waals surface area (Å²) in [5, 5.41) is 3.38. The van der Waals surface area contributed by atoms with Crippen molar-refractivity contribution >= 4 is 0 Å². The third-order valence-electron chi connectivity index (χ3n) is 2.71. The highest BCUT2D eigenvalue weighted by Gasteiger charge is 1.97. The monoisotopic (exact) mass is 230 g/mol. The quantitative estimate of drug-likeness (QED) is 0.795. The Morgan fingerprint density at radius 2 is 2.18 bits per heavy atom. The first-order chi connectivity index (χ1) is 8.25. The molecule has 0 aromatic carbocycles. The molecule has 0 atom stereocenters. The normalized spacial score (nSPS) is 10.7. The molecule has 0 fully saturated rings. The summed E-state index contributed by atoms with van der Waals surface area (Å²) in [5.41, 5.74) is 2.15. The molecule has 2 heterocycles. The lowest BCUT2D eigenvalue weighted by Crippen LogP contribution is -2.20. The van der Waals surface area contributed by atoms with Crippen molar-refractivity contribution in [1.29, 1.82) is 0 Å².